The minimum atomic E-state index is -1.40. The van der Waals surface area contributed by atoms with Crippen molar-refractivity contribution in [3.63, 3.8) is 0 Å². The van der Waals surface area contributed by atoms with E-state index in [-0.39, 0.29) is 5.82 Å². The SMILES string of the molecule is C1=CC=CNC=C1.Nc1cc(C2=CC=CC=CN2)n([C@@H]2O[C@H](CO)[C@@H](O)[C@H]2O)c(=O)n1.c1cncnc1. The van der Waals surface area contributed by atoms with Crippen molar-refractivity contribution in [3.05, 3.63) is 114 Å². The molecule has 0 unspecified atom stereocenters. The number of rotatable bonds is 3. The second-order valence-electron chi connectivity index (χ2n) is 7.59. The number of ether oxygens (including phenoxy) is 1. The highest BCUT2D eigenvalue weighted by Crippen LogP contribution is 2.30. The molecule has 0 aliphatic carbocycles. The molecule has 37 heavy (non-hydrogen) atoms. The number of aromatic nitrogens is 4. The monoisotopic (exact) mass is 507 g/mol. The second kappa shape index (κ2) is 14.3. The van der Waals surface area contributed by atoms with Crippen LogP contribution in [0.5, 0.6) is 0 Å². The van der Waals surface area contributed by atoms with Gasteiger partial charge in [0.1, 0.15) is 30.5 Å². The molecule has 2 aromatic rings. The summed E-state index contributed by atoms with van der Waals surface area (Å²) in [4.78, 5) is 23.4. The molecule has 5 heterocycles. The Kier molecular flexibility index (Phi) is 10.5. The number of aliphatic hydroxyl groups is 3. The predicted molar refractivity (Wildman–Crippen MR) is 138 cm³/mol. The Bertz CT molecular complexity index is 1200. The summed E-state index contributed by atoms with van der Waals surface area (Å²) in [5.41, 5.74) is 5.81. The Hall–Kier alpha value is -4.36. The second-order valence-corrected chi connectivity index (χ2v) is 7.59. The Morgan fingerprint density at radius 1 is 0.973 bits per heavy atom. The molecule has 0 aromatic carbocycles. The molecule has 0 amide bonds. The van der Waals surface area contributed by atoms with Gasteiger partial charge in [0.25, 0.3) is 0 Å². The van der Waals surface area contributed by atoms with Crippen molar-refractivity contribution < 1.29 is 20.1 Å². The Labute approximate surface area is 213 Å². The zero-order valence-corrected chi connectivity index (χ0v) is 19.8. The lowest BCUT2D eigenvalue weighted by Gasteiger charge is -2.22. The van der Waals surface area contributed by atoms with E-state index >= 15 is 0 Å². The van der Waals surface area contributed by atoms with Crippen LogP contribution < -0.4 is 22.1 Å². The highest BCUT2D eigenvalue weighted by atomic mass is 16.6. The zero-order valence-electron chi connectivity index (χ0n) is 19.8. The average molecular weight is 508 g/mol. The minimum Gasteiger partial charge on any atom is -0.394 e. The summed E-state index contributed by atoms with van der Waals surface area (Å²) in [6.07, 6.45) is 20.2. The van der Waals surface area contributed by atoms with Crippen LogP contribution in [-0.2, 0) is 4.74 Å². The van der Waals surface area contributed by atoms with Crippen molar-refractivity contribution in [1.82, 2.24) is 30.2 Å². The largest absolute Gasteiger partial charge is 0.394 e. The van der Waals surface area contributed by atoms with Crippen LogP contribution in [-0.4, -0.2) is 59.8 Å². The van der Waals surface area contributed by atoms with E-state index in [0.29, 0.717) is 11.4 Å². The number of hydrogen-bond donors (Lipinski definition) is 6. The number of aliphatic hydroxyl groups excluding tert-OH is 3. The summed E-state index contributed by atoms with van der Waals surface area (Å²) in [6, 6.07) is 3.24. The van der Waals surface area contributed by atoms with Crippen molar-refractivity contribution in [2.75, 3.05) is 12.3 Å². The van der Waals surface area contributed by atoms with E-state index < -0.39 is 36.8 Å². The molecule has 2 aromatic heterocycles. The summed E-state index contributed by atoms with van der Waals surface area (Å²) in [5.74, 6) is 0.0119. The van der Waals surface area contributed by atoms with Crippen LogP contribution in [0.4, 0.5) is 5.82 Å². The summed E-state index contributed by atoms with van der Waals surface area (Å²) in [7, 11) is 0. The lowest BCUT2D eigenvalue weighted by molar-refractivity contribution is -0.0553. The van der Waals surface area contributed by atoms with E-state index in [0.717, 1.165) is 4.57 Å². The minimum absolute atomic E-state index is 0.0119. The van der Waals surface area contributed by atoms with Crippen molar-refractivity contribution in [3.8, 4) is 0 Å². The van der Waals surface area contributed by atoms with Crippen molar-refractivity contribution in [2.45, 2.75) is 24.5 Å². The van der Waals surface area contributed by atoms with Crippen molar-refractivity contribution >= 4 is 11.5 Å². The number of nitrogens with two attached hydrogens (primary N) is 1. The fourth-order valence-corrected chi connectivity index (χ4v) is 3.33. The summed E-state index contributed by atoms with van der Waals surface area (Å²) in [5, 5.41) is 35.3. The first kappa shape index (κ1) is 27.2. The number of nitrogen functional groups attached to an aromatic ring is 1. The van der Waals surface area contributed by atoms with E-state index in [4.69, 9.17) is 10.5 Å². The fourth-order valence-electron chi connectivity index (χ4n) is 3.33. The van der Waals surface area contributed by atoms with Crippen LogP contribution in [0, 0.1) is 0 Å². The van der Waals surface area contributed by atoms with E-state index in [1.54, 1.807) is 49.0 Å². The predicted octanol–water partition coefficient (Wildman–Crippen LogP) is 0.101. The molecule has 0 saturated carbocycles. The Morgan fingerprint density at radius 2 is 1.65 bits per heavy atom. The van der Waals surface area contributed by atoms with Gasteiger partial charge in [0.2, 0.25) is 0 Å². The van der Waals surface area contributed by atoms with Crippen LogP contribution in [0.15, 0.2) is 103 Å². The molecule has 3 aliphatic heterocycles. The van der Waals surface area contributed by atoms with Gasteiger partial charge in [-0.25, -0.2) is 14.8 Å². The molecule has 12 heteroatoms. The summed E-state index contributed by atoms with van der Waals surface area (Å²) in [6.45, 7) is -0.492. The van der Waals surface area contributed by atoms with Crippen molar-refractivity contribution in [1.29, 1.82) is 0 Å². The van der Waals surface area contributed by atoms with Gasteiger partial charge in [-0.3, -0.25) is 4.57 Å². The van der Waals surface area contributed by atoms with Gasteiger partial charge in [0.05, 0.1) is 18.0 Å². The maximum atomic E-state index is 12.4. The molecular weight excluding hydrogens is 478 g/mol. The first-order valence-corrected chi connectivity index (χ1v) is 11.3. The molecule has 1 fully saturated rings. The molecule has 0 bridgehead atoms. The van der Waals surface area contributed by atoms with Gasteiger partial charge in [-0.1, -0.05) is 24.3 Å². The quantitative estimate of drug-likeness (QED) is 0.332. The maximum absolute atomic E-state index is 12.4. The fraction of sp³-hybridized carbons (Fsp3) is 0.200. The van der Waals surface area contributed by atoms with Crippen LogP contribution in [0.3, 0.4) is 0 Å². The molecular formula is C25H29N7O5. The molecule has 7 N–H and O–H groups in total. The average Bonchev–Trinajstić information content (AvgIpc) is 3.25. The van der Waals surface area contributed by atoms with E-state index in [9.17, 15) is 20.1 Å². The molecule has 12 nitrogen and oxygen atoms in total. The third kappa shape index (κ3) is 7.81. The molecule has 4 atom stereocenters. The number of hydrogen-bond acceptors (Lipinski definition) is 11. The molecule has 194 valence electrons. The number of nitrogens with zero attached hydrogens (tertiary/aromatic N) is 4. The maximum Gasteiger partial charge on any atom is 0.352 e. The van der Waals surface area contributed by atoms with E-state index in [1.165, 1.54) is 12.4 Å². The third-order valence-electron chi connectivity index (χ3n) is 5.04. The topological polar surface area (TPSA) is 181 Å². The van der Waals surface area contributed by atoms with Gasteiger partial charge >= 0.3 is 5.69 Å². The number of allylic oxidation sites excluding steroid dienone is 8. The molecule has 3 aliphatic rings. The molecule has 0 spiro atoms. The van der Waals surface area contributed by atoms with Gasteiger partial charge in [-0.15, -0.1) is 0 Å². The standard InChI is InChI=1S/C15H18N4O5.C6H7N.C4H4N2/c16-11-6-9(8-4-2-1-3-5-17-8)19(15(23)18-11)14-13(22)12(21)10(7-20)24-14;1-2-4-6-7-5-3-1;1-2-5-4-6-3-1/h1-6,10,12-14,17,20-22H,7H2,(H2,16,18,23);1-7H;1-4H/t10-,12-,13-,14-;;/m1../s1. The Morgan fingerprint density at radius 3 is 2.24 bits per heavy atom. The zero-order chi connectivity index (χ0) is 26.5. The smallest absolute Gasteiger partial charge is 0.352 e. The number of anilines is 1. The summed E-state index contributed by atoms with van der Waals surface area (Å²) < 4.78 is 6.55. The van der Waals surface area contributed by atoms with Crippen LogP contribution >= 0.6 is 0 Å². The van der Waals surface area contributed by atoms with Gasteiger partial charge in [0, 0.05) is 37.1 Å². The van der Waals surface area contributed by atoms with Gasteiger partial charge in [-0.05, 0) is 30.4 Å². The van der Waals surface area contributed by atoms with Gasteiger partial charge in [-0.2, -0.15) is 4.98 Å². The van der Waals surface area contributed by atoms with E-state index in [1.807, 2.05) is 36.7 Å². The highest BCUT2D eigenvalue weighted by molar-refractivity contribution is 5.66. The van der Waals surface area contributed by atoms with Crippen LogP contribution in [0.1, 0.15) is 11.9 Å². The van der Waals surface area contributed by atoms with E-state index in [2.05, 4.69) is 25.6 Å². The normalized spacial score (nSPS) is 23.3. The molecule has 1 saturated heterocycles. The third-order valence-corrected chi connectivity index (χ3v) is 5.04. The Balaban J connectivity index is 0.000000237. The summed E-state index contributed by atoms with van der Waals surface area (Å²) >= 11 is 0. The first-order valence-electron chi connectivity index (χ1n) is 11.3. The molecule has 5 rings (SSSR count). The lowest BCUT2D eigenvalue weighted by atomic mass is 10.1. The number of nitrogens with one attached hydrogen (secondary N) is 2. The van der Waals surface area contributed by atoms with Crippen molar-refractivity contribution in [2.24, 2.45) is 0 Å². The molecule has 0 radical (unpaired) electrons. The van der Waals surface area contributed by atoms with Crippen LogP contribution in [0.2, 0.25) is 0 Å². The lowest BCUT2D eigenvalue weighted by Crippen LogP contribution is -2.38. The highest BCUT2D eigenvalue weighted by Gasteiger charge is 2.44. The van der Waals surface area contributed by atoms with Crippen LogP contribution in [0.25, 0.3) is 5.70 Å². The van der Waals surface area contributed by atoms with Gasteiger partial charge in [0.15, 0.2) is 6.23 Å². The first-order chi connectivity index (χ1) is 18.0. The van der Waals surface area contributed by atoms with Gasteiger partial charge < -0.3 is 36.4 Å².